The van der Waals surface area contributed by atoms with Crippen molar-refractivity contribution in [3.05, 3.63) is 60.6 Å². The molecule has 1 aromatic heterocycles. The summed E-state index contributed by atoms with van der Waals surface area (Å²) in [4.78, 5) is 28.0. The second-order valence-electron chi connectivity index (χ2n) is 6.38. The molecule has 3 rings (SSSR count). The predicted octanol–water partition coefficient (Wildman–Crippen LogP) is 4.27. The second kappa shape index (κ2) is 9.54. The standard InChI is InChI=1S/C22H23N3O4/c1-3-20(26)24-16-5-4-6-17(13-16)25-21(27)11-12-22-23-14-19(29-22)15-7-9-18(28-2)10-8-15/h4-10,13-14H,3,11-12H2,1-2H3,(H,24,26)(H,25,27). The topological polar surface area (TPSA) is 93.5 Å². The van der Waals surface area contributed by atoms with Crippen LogP contribution in [0, 0.1) is 0 Å². The summed E-state index contributed by atoms with van der Waals surface area (Å²) in [6, 6.07) is 14.5. The van der Waals surface area contributed by atoms with Crippen LogP contribution in [0.15, 0.2) is 59.1 Å². The molecule has 3 aromatic rings. The zero-order valence-corrected chi connectivity index (χ0v) is 16.4. The van der Waals surface area contributed by atoms with Gasteiger partial charge in [-0.15, -0.1) is 0 Å². The summed E-state index contributed by atoms with van der Waals surface area (Å²) in [5.41, 5.74) is 2.15. The lowest BCUT2D eigenvalue weighted by molar-refractivity contribution is -0.116. The summed E-state index contributed by atoms with van der Waals surface area (Å²) in [6.45, 7) is 1.78. The van der Waals surface area contributed by atoms with Gasteiger partial charge in [0.2, 0.25) is 11.8 Å². The number of rotatable bonds is 8. The number of amides is 2. The number of nitrogens with zero attached hydrogens (tertiary/aromatic N) is 1. The number of hydrogen-bond donors (Lipinski definition) is 2. The number of ether oxygens (including phenoxy) is 1. The number of aromatic nitrogens is 1. The number of aryl methyl sites for hydroxylation is 1. The predicted molar refractivity (Wildman–Crippen MR) is 111 cm³/mol. The molecule has 0 aliphatic rings. The van der Waals surface area contributed by atoms with Crippen molar-refractivity contribution in [1.82, 2.24) is 4.98 Å². The van der Waals surface area contributed by atoms with Crippen molar-refractivity contribution in [2.24, 2.45) is 0 Å². The number of carbonyl (C=O) groups is 2. The number of benzene rings is 2. The molecular formula is C22H23N3O4. The molecule has 0 saturated carbocycles. The summed E-state index contributed by atoms with van der Waals surface area (Å²) in [5.74, 6) is 1.67. The number of methoxy groups -OCH3 is 1. The smallest absolute Gasteiger partial charge is 0.224 e. The molecule has 0 aliphatic heterocycles. The first-order valence-electron chi connectivity index (χ1n) is 9.36. The van der Waals surface area contributed by atoms with E-state index in [1.165, 1.54) is 0 Å². The van der Waals surface area contributed by atoms with Crippen molar-refractivity contribution >= 4 is 23.2 Å². The van der Waals surface area contributed by atoms with Crippen LogP contribution in [0.4, 0.5) is 11.4 Å². The number of nitrogens with one attached hydrogen (secondary N) is 2. The van der Waals surface area contributed by atoms with Crippen molar-refractivity contribution in [2.75, 3.05) is 17.7 Å². The van der Waals surface area contributed by atoms with Gasteiger partial charge >= 0.3 is 0 Å². The van der Waals surface area contributed by atoms with Crippen LogP contribution in [-0.4, -0.2) is 23.9 Å². The molecule has 7 nitrogen and oxygen atoms in total. The highest BCUT2D eigenvalue weighted by molar-refractivity contribution is 5.94. The fraction of sp³-hybridized carbons (Fsp3) is 0.227. The monoisotopic (exact) mass is 393 g/mol. The molecule has 0 saturated heterocycles. The van der Waals surface area contributed by atoms with Crippen molar-refractivity contribution in [2.45, 2.75) is 26.2 Å². The Morgan fingerprint density at radius 3 is 2.38 bits per heavy atom. The SMILES string of the molecule is CCC(=O)Nc1cccc(NC(=O)CCc2ncc(-c3ccc(OC)cc3)o2)c1. The van der Waals surface area contributed by atoms with Gasteiger partial charge in [-0.2, -0.15) is 0 Å². The van der Waals surface area contributed by atoms with Crippen LogP contribution in [0.25, 0.3) is 11.3 Å². The summed E-state index contributed by atoms with van der Waals surface area (Å²) in [7, 11) is 1.62. The first-order chi connectivity index (χ1) is 14.1. The van der Waals surface area contributed by atoms with Gasteiger partial charge < -0.3 is 19.8 Å². The summed E-state index contributed by atoms with van der Waals surface area (Å²) in [5, 5.41) is 5.59. The van der Waals surface area contributed by atoms with Gasteiger partial charge in [0.25, 0.3) is 0 Å². The Morgan fingerprint density at radius 2 is 1.72 bits per heavy atom. The zero-order chi connectivity index (χ0) is 20.6. The average Bonchev–Trinajstić information content (AvgIpc) is 3.21. The van der Waals surface area contributed by atoms with Crippen molar-refractivity contribution in [1.29, 1.82) is 0 Å². The minimum Gasteiger partial charge on any atom is -0.497 e. The average molecular weight is 393 g/mol. The zero-order valence-electron chi connectivity index (χ0n) is 16.4. The van der Waals surface area contributed by atoms with Crippen LogP contribution in [0.5, 0.6) is 5.75 Å². The van der Waals surface area contributed by atoms with Crippen LogP contribution in [-0.2, 0) is 16.0 Å². The lowest BCUT2D eigenvalue weighted by Crippen LogP contribution is -2.13. The van der Waals surface area contributed by atoms with E-state index in [1.54, 1.807) is 44.5 Å². The molecule has 150 valence electrons. The molecular weight excluding hydrogens is 370 g/mol. The van der Waals surface area contributed by atoms with E-state index in [1.807, 2.05) is 24.3 Å². The van der Waals surface area contributed by atoms with E-state index in [0.29, 0.717) is 35.9 Å². The van der Waals surface area contributed by atoms with Crippen LogP contribution >= 0.6 is 0 Å². The molecule has 29 heavy (non-hydrogen) atoms. The van der Waals surface area contributed by atoms with Crippen LogP contribution < -0.4 is 15.4 Å². The van der Waals surface area contributed by atoms with Crippen LogP contribution in [0.1, 0.15) is 25.7 Å². The largest absolute Gasteiger partial charge is 0.497 e. The molecule has 0 radical (unpaired) electrons. The highest BCUT2D eigenvalue weighted by Crippen LogP contribution is 2.23. The maximum atomic E-state index is 12.2. The molecule has 0 aliphatic carbocycles. The van der Waals surface area contributed by atoms with Crippen LogP contribution in [0.3, 0.4) is 0 Å². The van der Waals surface area contributed by atoms with Gasteiger partial charge in [-0.1, -0.05) is 13.0 Å². The van der Waals surface area contributed by atoms with E-state index >= 15 is 0 Å². The van der Waals surface area contributed by atoms with Gasteiger partial charge in [0.05, 0.1) is 13.3 Å². The van der Waals surface area contributed by atoms with Crippen molar-refractivity contribution in [3.8, 4) is 17.1 Å². The normalized spacial score (nSPS) is 10.4. The first-order valence-corrected chi connectivity index (χ1v) is 9.36. The Kier molecular flexibility index (Phi) is 6.63. The maximum Gasteiger partial charge on any atom is 0.224 e. The van der Waals surface area contributed by atoms with Gasteiger partial charge in [-0.3, -0.25) is 9.59 Å². The lowest BCUT2D eigenvalue weighted by atomic mass is 10.2. The molecule has 0 unspecified atom stereocenters. The highest BCUT2D eigenvalue weighted by atomic mass is 16.5. The second-order valence-corrected chi connectivity index (χ2v) is 6.38. The first kappa shape index (κ1) is 20.1. The number of oxazole rings is 1. The third-order valence-corrected chi connectivity index (χ3v) is 4.25. The minimum absolute atomic E-state index is 0.0787. The van der Waals surface area contributed by atoms with Crippen LogP contribution in [0.2, 0.25) is 0 Å². The van der Waals surface area contributed by atoms with Crippen molar-refractivity contribution < 1.29 is 18.7 Å². The van der Waals surface area contributed by atoms with E-state index in [-0.39, 0.29) is 18.2 Å². The molecule has 2 aromatic carbocycles. The molecule has 0 spiro atoms. The number of carbonyl (C=O) groups excluding carboxylic acids is 2. The van der Waals surface area contributed by atoms with E-state index < -0.39 is 0 Å². The van der Waals surface area contributed by atoms with Gasteiger partial charge in [-0.05, 0) is 42.5 Å². The molecule has 7 heteroatoms. The third kappa shape index (κ3) is 5.68. The van der Waals surface area contributed by atoms with E-state index in [2.05, 4.69) is 15.6 Å². The Morgan fingerprint density at radius 1 is 1.03 bits per heavy atom. The summed E-state index contributed by atoms with van der Waals surface area (Å²) < 4.78 is 10.9. The van der Waals surface area contributed by atoms with Crippen molar-refractivity contribution in [3.63, 3.8) is 0 Å². The Balaban J connectivity index is 1.54. The minimum atomic E-state index is -0.159. The lowest BCUT2D eigenvalue weighted by Gasteiger charge is -2.08. The molecule has 0 atom stereocenters. The Bertz CT molecular complexity index is 980. The fourth-order valence-electron chi connectivity index (χ4n) is 2.68. The Hall–Kier alpha value is -3.61. The fourth-order valence-corrected chi connectivity index (χ4v) is 2.68. The van der Waals surface area contributed by atoms with Gasteiger partial charge in [0, 0.05) is 36.2 Å². The Labute approximate surface area is 169 Å². The highest BCUT2D eigenvalue weighted by Gasteiger charge is 2.10. The molecule has 2 N–H and O–H groups in total. The molecule has 0 bridgehead atoms. The summed E-state index contributed by atoms with van der Waals surface area (Å²) in [6.07, 6.45) is 2.66. The molecule has 0 fully saturated rings. The summed E-state index contributed by atoms with van der Waals surface area (Å²) >= 11 is 0. The molecule has 2 amide bonds. The van der Waals surface area contributed by atoms with E-state index in [4.69, 9.17) is 9.15 Å². The number of anilines is 2. The maximum absolute atomic E-state index is 12.2. The van der Waals surface area contributed by atoms with Gasteiger partial charge in [0.15, 0.2) is 11.7 Å². The van der Waals surface area contributed by atoms with E-state index in [0.717, 1.165) is 11.3 Å². The van der Waals surface area contributed by atoms with Gasteiger partial charge in [0.1, 0.15) is 5.75 Å². The van der Waals surface area contributed by atoms with E-state index in [9.17, 15) is 9.59 Å². The van der Waals surface area contributed by atoms with Gasteiger partial charge in [-0.25, -0.2) is 4.98 Å². The number of hydrogen-bond acceptors (Lipinski definition) is 5. The third-order valence-electron chi connectivity index (χ3n) is 4.25. The quantitative estimate of drug-likeness (QED) is 0.596. The molecule has 1 heterocycles.